The SMILES string of the molecule is CS(=O)(=O)[C@H]1[C@H](C#N)[C@@H]1c1ccc(Cl)cc1. The van der Waals surface area contributed by atoms with Crippen LogP contribution in [0.5, 0.6) is 0 Å². The van der Waals surface area contributed by atoms with Gasteiger partial charge in [-0.1, -0.05) is 23.7 Å². The summed E-state index contributed by atoms with van der Waals surface area (Å²) in [5.41, 5.74) is 0.867. The molecule has 84 valence electrons. The molecule has 0 aromatic heterocycles. The summed E-state index contributed by atoms with van der Waals surface area (Å²) in [6, 6.07) is 9.03. The summed E-state index contributed by atoms with van der Waals surface area (Å²) in [7, 11) is -3.15. The summed E-state index contributed by atoms with van der Waals surface area (Å²) in [5.74, 6) is -0.617. The highest BCUT2D eigenvalue weighted by molar-refractivity contribution is 7.91. The van der Waals surface area contributed by atoms with E-state index in [0.29, 0.717) is 5.02 Å². The highest BCUT2D eigenvalue weighted by atomic mass is 35.5. The van der Waals surface area contributed by atoms with Crippen molar-refractivity contribution in [3.05, 3.63) is 34.9 Å². The average Bonchev–Trinajstić information content (AvgIpc) is 2.92. The number of hydrogen-bond donors (Lipinski definition) is 0. The monoisotopic (exact) mass is 255 g/mol. The second-order valence-electron chi connectivity index (χ2n) is 4.03. The molecular weight excluding hydrogens is 246 g/mol. The summed E-state index contributed by atoms with van der Waals surface area (Å²) < 4.78 is 22.9. The highest BCUT2D eigenvalue weighted by Gasteiger charge is 2.57. The van der Waals surface area contributed by atoms with Crippen LogP contribution in [0, 0.1) is 17.2 Å². The van der Waals surface area contributed by atoms with E-state index in [9.17, 15) is 8.42 Å². The van der Waals surface area contributed by atoms with Crippen molar-refractivity contribution in [1.82, 2.24) is 0 Å². The van der Waals surface area contributed by atoms with E-state index < -0.39 is 21.0 Å². The van der Waals surface area contributed by atoms with Gasteiger partial charge in [0.05, 0.1) is 17.2 Å². The Morgan fingerprint density at radius 3 is 2.25 bits per heavy atom. The Hall–Kier alpha value is -1.05. The van der Waals surface area contributed by atoms with Crippen LogP contribution in [0.3, 0.4) is 0 Å². The average molecular weight is 256 g/mol. The fourth-order valence-corrected chi connectivity index (χ4v) is 3.71. The molecule has 0 saturated heterocycles. The lowest BCUT2D eigenvalue weighted by Crippen LogP contribution is -2.06. The van der Waals surface area contributed by atoms with Crippen LogP contribution in [0.2, 0.25) is 5.02 Å². The molecule has 1 aliphatic rings. The number of sulfone groups is 1. The third-order valence-electron chi connectivity index (χ3n) is 2.85. The van der Waals surface area contributed by atoms with Gasteiger partial charge < -0.3 is 0 Å². The van der Waals surface area contributed by atoms with E-state index in [4.69, 9.17) is 16.9 Å². The normalized spacial score (nSPS) is 28.4. The van der Waals surface area contributed by atoms with Crippen molar-refractivity contribution in [2.45, 2.75) is 11.2 Å². The Bertz CT molecular complexity index is 544. The Morgan fingerprint density at radius 1 is 1.31 bits per heavy atom. The van der Waals surface area contributed by atoms with E-state index in [1.165, 1.54) is 6.26 Å². The van der Waals surface area contributed by atoms with Gasteiger partial charge in [-0.3, -0.25) is 0 Å². The van der Waals surface area contributed by atoms with Crippen LogP contribution in [-0.2, 0) is 9.84 Å². The first-order valence-corrected chi connectivity index (χ1v) is 7.12. The van der Waals surface area contributed by atoms with Crippen LogP contribution < -0.4 is 0 Å². The number of hydrogen-bond acceptors (Lipinski definition) is 3. The summed E-state index contributed by atoms with van der Waals surface area (Å²) >= 11 is 5.75. The number of nitriles is 1. The smallest absolute Gasteiger partial charge is 0.152 e. The summed E-state index contributed by atoms with van der Waals surface area (Å²) in [6.45, 7) is 0. The molecule has 1 aromatic rings. The van der Waals surface area contributed by atoms with Gasteiger partial charge in [-0.15, -0.1) is 0 Å². The third-order valence-corrected chi connectivity index (χ3v) is 4.68. The minimum absolute atomic E-state index is 0.197. The van der Waals surface area contributed by atoms with Crippen LogP contribution in [0.15, 0.2) is 24.3 Å². The lowest BCUT2D eigenvalue weighted by atomic mass is 10.1. The minimum atomic E-state index is -3.15. The van der Waals surface area contributed by atoms with Gasteiger partial charge in [-0.25, -0.2) is 8.42 Å². The fraction of sp³-hybridized carbons (Fsp3) is 0.364. The number of halogens is 1. The van der Waals surface area contributed by atoms with Gasteiger partial charge in [0.15, 0.2) is 9.84 Å². The number of benzene rings is 1. The summed E-state index contributed by atoms with van der Waals surface area (Å²) in [5, 5.41) is 8.93. The van der Waals surface area contributed by atoms with Crippen LogP contribution >= 0.6 is 11.6 Å². The molecule has 0 spiro atoms. The third kappa shape index (κ3) is 1.93. The van der Waals surface area contributed by atoms with Gasteiger partial charge in [0.2, 0.25) is 0 Å². The molecule has 0 unspecified atom stereocenters. The molecule has 0 amide bonds. The van der Waals surface area contributed by atoms with Gasteiger partial charge in [0.1, 0.15) is 0 Å². The molecule has 3 atom stereocenters. The second kappa shape index (κ2) is 3.76. The second-order valence-corrected chi connectivity index (χ2v) is 6.67. The van der Waals surface area contributed by atoms with Crippen molar-refractivity contribution in [3.8, 4) is 6.07 Å². The van der Waals surface area contributed by atoms with Crippen molar-refractivity contribution >= 4 is 21.4 Å². The first kappa shape index (κ1) is 11.4. The molecule has 5 heteroatoms. The van der Waals surface area contributed by atoms with Crippen molar-refractivity contribution in [1.29, 1.82) is 5.26 Å². The molecule has 0 aliphatic heterocycles. The van der Waals surface area contributed by atoms with E-state index in [2.05, 4.69) is 0 Å². The van der Waals surface area contributed by atoms with Crippen molar-refractivity contribution in [2.24, 2.45) is 5.92 Å². The van der Waals surface area contributed by atoms with E-state index in [1.54, 1.807) is 24.3 Å². The first-order valence-electron chi connectivity index (χ1n) is 4.79. The maximum Gasteiger partial charge on any atom is 0.152 e. The zero-order chi connectivity index (χ0) is 11.9. The quantitative estimate of drug-likeness (QED) is 0.812. The molecule has 2 rings (SSSR count). The predicted octanol–water partition coefficient (Wildman–Crippen LogP) is 1.99. The maximum atomic E-state index is 11.4. The molecule has 1 aromatic carbocycles. The zero-order valence-electron chi connectivity index (χ0n) is 8.59. The Labute approximate surface area is 99.6 Å². The zero-order valence-corrected chi connectivity index (χ0v) is 10.2. The standard InChI is InChI=1S/C11H10ClNO2S/c1-16(14,15)11-9(6-13)10(11)7-2-4-8(12)5-3-7/h2-5,9-11H,1H3/t9-,10+,11+/m1/s1. The number of nitrogens with zero attached hydrogens (tertiary/aromatic N) is 1. The summed E-state index contributed by atoms with van der Waals surface area (Å²) in [6.07, 6.45) is 1.18. The predicted molar refractivity (Wildman–Crippen MR) is 61.9 cm³/mol. The molecule has 0 heterocycles. The first-order chi connectivity index (χ1) is 7.45. The molecule has 0 bridgehead atoms. The molecule has 16 heavy (non-hydrogen) atoms. The van der Waals surface area contributed by atoms with E-state index in [1.807, 2.05) is 6.07 Å². The number of rotatable bonds is 2. The molecule has 0 radical (unpaired) electrons. The van der Waals surface area contributed by atoms with Crippen molar-refractivity contribution in [2.75, 3.05) is 6.26 Å². The van der Waals surface area contributed by atoms with Gasteiger partial charge in [0.25, 0.3) is 0 Å². The molecule has 3 nitrogen and oxygen atoms in total. The topological polar surface area (TPSA) is 57.9 Å². The lowest BCUT2D eigenvalue weighted by Gasteiger charge is -1.98. The Kier molecular flexibility index (Phi) is 2.69. The van der Waals surface area contributed by atoms with Gasteiger partial charge in [0, 0.05) is 17.2 Å². The minimum Gasteiger partial charge on any atom is -0.229 e. The van der Waals surface area contributed by atoms with Gasteiger partial charge >= 0.3 is 0 Å². The molecule has 1 saturated carbocycles. The van der Waals surface area contributed by atoms with Crippen LogP contribution in [-0.4, -0.2) is 19.9 Å². The van der Waals surface area contributed by atoms with Crippen LogP contribution in [0.4, 0.5) is 0 Å². The van der Waals surface area contributed by atoms with Crippen LogP contribution in [0.25, 0.3) is 0 Å². The molecule has 1 aliphatic carbocycles. The molecule has 1 fully saturated rings. The van der Waals surface area contributed by atoms with E-state index in [-0.39, 0.29) is 5.92 Å². The molecule has 0 N–H and O–H groups in total. The molecular formula is C11H10ClNO2S. The van der Waals surface area contributed by atoms with E-state index >= 15 is 0 Å². The Morgan fingerprint density at radius 2 is 1.88 bits per heavy atom. The van der Waals surface area contributed by atoms with Gasteiger partial charge in [-0.05, 0) is 17.7 Å². The van der Waals surface area contributed by atoms with E-state index in [0.717, 1.165) is 5.56 Å². The van der Waals surface area contributed by atoms with Crippen LogP contribution in [0.1, 0.15) is 11.5 Å². The lowest BCUT2D eigenvalue weighted by molar-refractivity contribution is 0.599. The van der Waals surface area contributed by atoms with Gasteiger partial charge in [-0.2, -0.15) is 5.26 Å². The maximum absolute atomic E-state index is 11.4. The fourth-order valence-electron chi connectivity index (χ4n) is 2.05. The largest absolute Gasteiger partial charge is 0.229 e. The highest BCUT2D eigenvalue weighted by Crippen LogP contribution is 2.51. The Balaban J connectivity index is 2.31. The summed E-state index contributed by atoms with van der Waals surface area (Å²) in [4.78, 5) is 0. The van der Waals surface area contributed by atoms with Crippen molar-refractivity contribution in [3.63, 3.8) is 0 Å². The van der Waals surface area contributed by atoms with Crippen molar-refractivity contribution < 1.29 is 8.42 Å².